The van der Waals surface area contributed by atoms with Crippen molar-refractivity contribution in [1.29, 1.82) is 0 Å². The fraction of sp³-hybridized carbons (Fsp3) is 0.917. The molecule has 1 heterocycles. The Morgan fingerprint density at radius 1 is 1.47 bits per heavy atom. The first-order valence-corrected chi connectivity index (χ1v) is 6.20. The molecule has 0 radical (unpaired) electrons. The predicted octanol–water partition coefficient (Wildman–Crippen LogP) is 2.12. The third-order valence-electron chi connectivity index (χ3n) is 3.24. The van der Waals surface area contributed by atoms with E-state index in [1.54, 1.807) is 0 Å². The van der Waals surface area contributed by atoms with Crippen molar-refractivity contribution in [2.24, 2.45) is 0 Å². The molecular formula is C12H24N2O. The Morgan fingerprint density at radius 2 is 2.13 bits per heavy atom. The summed E-state index contributed by atoms with van der Waals surface area (Å²) in [5.41, 5.74) is 0. The summed E-state index contributed by atoms with van der Waals surface area (Å²) in [4.78, 5) is 14.0. The Balaban J connectivity index is 2.60. The lowest BCUT2D eigenvalue weighted by Crippen LogP contribution is -2.42. The molecule has 0 saturated carbocycles. The van der Waals surface area contributed by atoms with Crippen LogP contribution in [0.4, 0.5) is 0 Å². The van der Waals surface area contributed by atoms with Crippen molar-refractivity contribution >= 4 is 5.91 Å². The normalized spacial score (nSPS) is 28.5. The topological polar surface area (TPSA) is 32.3 Å². The summed E-state index contributed by atoms with van der Waals surface area (Å²) in [6, 6.07) is 0.374. The van der Waals surface area contributed by atoms with Gasteiger partial charge in [-0.1, -0.05) is 26.7 Å². The van der Waals surface area contributed by atoms with Crippen LogP contribution >= 0.6 is 0 Å². The molecule has 1 saturated heterocycles. The van der Waals surface area contributed by atoms with Gasteiger partial charge in [-0.15, -0.1) is 0 Å². The van der Waals surface area contributed by atoms with E-state index in [4.69, 9.17) is 0 Å². The minimum Gasteiger partial charge on any atom is -0.323 e. The van der Waals surface area contributed by atoms with Crippen molar-refractivity contribution in [2.45, 2.75) is 71.6 Å². The Bertz CT molecular complexity index is 218. The third-order valence-corrected chi connectivity index (χ3v) is 3.24. The van der Waals surface area contributed by atoms with Gasteiger partial charge in [-0.2, -0.15) is 0 Å². The van der Waals surface area contributed by atoms with Gasteiger partial charge < -0.3 is 4.90 Å². The molecule has 0 aromatic heterocycles. The van der Waals surface area contributed by atoms with Gasteiger partial charge in [0.05, 0.1) is 12.2 Å². The number of hydrogen-bond acceptors (Lipinski definition) is 2. The van der Waals surface area contributed by atoms with Crippen LogP contribution in [-0.4, -0.2) is 29.1 Å². The molecule has 3 nitrogen and oxygen atoms in total. The molecular weight excluding hydrogens is 188 g/mol. The van der Waals surface area contributed by atoms with Gasteiger partial charge in [-0.05, 0) is 26.7 Å². The molecule has 0 aliphatic carbocycles. The van der Waals surface area contributed by atoms with Gasteiger partial charge in [0.1, 0.15) is 0 Å². The smallest absolute Gasteiger partial charge is 0.240 e. The highest BCUT2D eigenvalue weighted by Gasteiger charge is 2.37. The summed E-state index contributed by atoms with van der Waals surface area (Å²) >= 11 is 0. The van der Waals surface area contributed by atoms with Crippen LogP contribution in [0.2, 0.25) is 0 Å². The van der Waals surface area contributed by atoms with E-state index in [1.165, 1.54) is 12.8 Å². The number of carbonyl (C=O) groups excluding carboxylic acids is 1. The highest BCUT2D eigenvalue weighted by molar-refractivity contribution is 5.84. The Labute approximate surface area is 93.2 Å². The first-order valence-electron chi connectivity index (χ1n) is 6.20. The first-order chi connectivity index (χ1) is 7.11. The second-order valence-electron chi connectivity index (χ2n) is 4.55. The van der Waals surface area contributed by atoms with Gasteiger partial charge >= 0.3 is 0 Å². The largest absolute Gasteiger partial charge is 0.323 e. The van der Waals surface area contributed by atoms with E-state index in [2.05, 4.69) is 26.1 Å². The monoisotopic (exact) mass is 212 g/mol. The summed E-state index contributed by atoms with van der Waals surface area (Å²) in [5, 5.41) is 3.34. The van der Waals surface area contributed by atoms with Crippen molar-refractivity contribution in [1.82, 2.24) is 10.2 Å². The van der Waals surface area contributed by atoms with Gasteiger partial charge in [0.25, 0.3) is 0 Å². The van der Waals surface area contributed by atoms with E-state index in [1.807, 2.05) is 11.8 Å². The molecule has 1 aliphatic rings. The van der Waals surface area contributed by atoms with Crippen molar-refractivity contribution in [3.8, 4) is 0 Å². The molecule has 15 heavy (non-hydrogen) atoms. The van der Waals surface area contributed by atoms with Crippen LogP contribution in [0.3, 0.4) is 0 Å². The lowest BCUT2D eigenvalue weighted by atomic mass is 10.1. The molecule has 1 amide bonds. The zero-order valence-corrected chi connectivity index (χ0v) is 10.4. The van der Waals surface area contributed by atoms with Crippen molar-refractivity contribution in [3.05, 3.63) is 0 Å². The number of nitrogens with one attached hydrogen (secondary N) is 1. The Morgan fingerprint density at radius 3 is 2.67 bits per heavy atom. The van der Waals surface area contributed by atoms with Gasteiger partial charge in [-0.25, -0.2) is 0 Å². The molecule has 1 N–H and O–H groups in total. The quantitative estimate of drug-likeness (QED) is 0.757. The zero-order valence-electron chi connectivity index (χ0n) is 10.4. The molecule has 0 aromatic carbocycles. The summed E-state index contributed by atoms with van der Waals surface area (Å²) in [5.74, 6) is 0.269. The molecule has 3 atom stereocenters. The molecule has 88 valence electrons. The maximum Gasteiger partial charge on any atom is 0.240 e. The lowest BCUT2D eigenvalue weighted by molar-refractivity contribution is -0.131. The third kappa shape index (κ3) is 2.71. The fourth-order valence-electron chi connectivity index (χ4n) is 2.29. The van der Waals surface area contributed by atoms with Crippen LogP contribution in [-0.2, 0) is 4.79 Å². The zero-order chi connectivity index (χ0) is 11.4. The van der Waals surface area contributed by atoms with Crippen LogP contribution < -0.4 is 5.32 Å². The minimum absolute atomic E-state index is 0.000901. The van der Waals surface area contributed by atoms with Crippen molar-refractivity contribution in [3.63, 3.8) is 0 Å². The van der Waals surface area contributed by atoms with Crippen LogP contribution in [0.25, 0.3) is 0 Å². The maximum absolute atomic E-state index is 11.9. The number of carbonyl (C=O) groups is 1. The number of nitrogens with zero attached hydrogens (tertiary/aromatic N) is 1. The van der Waals surface area contributed by atoms with Gasteiger partial charge in [0.15, 0.2) is 0 Å². The molecule has 1 fully saturated rings. The summed E-state index contributed by atoms with van der Waals surface area (Å²) in [6.07, 6.45) is 4.76. The SMILES string of the molecule is CCCCC(C)N1C(=O)C(C)NC1CC. The molecule has 0 aromatic rings. The standard InChI is InChI=1S/C12H24N2O/c1-5-7-8-9(3)14-11(6-2)13-10(4)12(14)15/h9-11,13H,5-8H2,1-4H3. The second-order valence-corrected chi connectivity index (χ2v) is 4.55. The maximum atomic E-state index is 11.9. The van der Waals surface area contributed by atoms with E-state index >= 15 is 0 Å². The molecule has 0 bridgehead atoms. The molecule has 0 spiro atoms. The summed E-state index contributed by atoms with van der Waals surface area (Å²) < 4.78 is 0. The van der Waals surface area contributed by atoms with E-state index in [-0.39, 0.29) is 18.1 Å². The number of hydrogen-bond donors (Lipinski definition) is 1. The molecule has 1 rings (SSSR count). The summed E-state index contributed by atoms with van der Waals surface area (Å²) in [6.45, 7) is 8.44. The minimum atomic E-state index is -0.000901. The lowest BCUT2D eigenvalue weighted by Gasteiger charge is -2.29. The predicted molar refractivity (Wildman–Crippen MR) is 62.5 cm³/mol. The number of unbranched alkanes of at least 4 members (excludes halogenated alkanes) is 1. The molecule has 3 unspecified atom stereocenters. The highest BCUT2D eigenvalue weighted by atomic mass is 16.2. The first kappa shape index (κ1) is 12.5. The molecule has 3 heteroatoms. The fourth-order valence-corrected chi connectivity index (χ4v) is 2.29. The van der Waals surface area contributed by atoms with Crippen molar-refractivity contribution in [2.75, 3.05) is 0 Å². The van der Waals surface area contributed by atoms with E-state index in [0.717, 1.165) is 12.8 Å². The number of rotatable bonds is 5. The highest BCUT2D eigenvalue weighted by Crippen LogP contribution is 2.19. The van der Waals surface area contributed by atoms with E-state index in [0.29, 0.717) is 6.04 Å². The second kappa shape index (κ2) is 5.50. The van der Waals surface area contributed by atoms with E-state index < -0.39 is 0 Å². The Hall–Kier alpha value is -0.570. The van der Waals surface area contributed by atoms with Crippen molar-refractivity contribution < 1.29 is 4.79 Å². The van der Waals surface area contributed by atoms with Gasteiger partial charge in [0.2, 0.25) is 5.91 Å². The molecule has 1 aliphatic heterocycles. The average molecular weight is 212 g/mol. The average Bonchev–Trinajstić information content (AvgIpc) is 2.51. The van der Waals surface area contributed by atoms with Crippen LogP contribution in [0.1, 0.15) is 53.4 Å². The van der Waals surface area contributed by atoms with Crippen LogP contribution in [0.15, 0.2) is 0 Å². The van der Waals surface area contributed by atoms with Crippen LogP contribution in [0.5, 0.6) is 0 Å². The number of amides is 1. The van der Waals surface area contributed by atoms with Gasteiger partial charge in [0, 0.05) is 6.04 Å². The Kier molecular flexibility index (Phi) is 4.58. The summed E-state index contributed by atoms with van der Waals surface area (Å²) in [7, 11) is 0. The van der Waals surface area contributed by atoms with Crippen LogP contribution in [0, 0.1) is 0 Å². The van der Waals surface area contributed by atoms with Gasteiger partial charge in [-0.3, -0.25) is 10.1 Å². The van der Waals surface area contributed by atoms with E-state index in [9.17, 15) is 4.79 Å².